The lowest BCUT2D eigenvalue weighted by molar-refractivity contribution is -0.140. The van der Waals surface area contributed by atoms with Crippen LogP contribution in [0.5, 0.6) is 0 Å². The first-order chi connectivity index (χ1) is 12.1. The van der Waals surface area contributed by atoms with Gasteiger partial charge in [0, 0.05) is 25.2 Å². The van der Waals surface area contributed by atoms with Crippen LogP contribution in [0.3, 0.4) is 0 Å². The van der Waals surface area contributed by atoms with Gasteiger partial charge in [0.25, 0.3) is 5.91 Å². The molecule has 1 atom stereocenters. The summed E-state index contributed by atoms with van der Waals surface area (Å²) < 4.78 is 0. The standard InChI is InChI=1S/C20H29N3O2.ClH/c21-20(11-5-2-6-12-20)19(25)23-13-7-8-16(15-23)14-22-18(24)17-9-3-1-4-10-17;/h1,3-4,9-10,16H,2,5-8,11-15,21H2,(H,22,24);1H. The fourth-order valence-electron chi connectivity index (χ4n) is 4.06. The van der Waals surface area contributed by atoms with E-state index < -0.39 is 5.54 Å². The maximum atomic E-state index is 12.9. The van der Waals surface area contributed by atoms with Crippen molar-refractivity contribution in [3.8, 4) is 0 Å². The Kier molecular flexibility index (Phi) is 7.47. The summed E-state index contributed by atoms with van der Waals surface area (Å²) in [6.45, 7) is 2.10. The van der Waals surface area contributed by atoms with Gasteiger partial charge in [-0.3, -0.25) is 9.59 Å². The molecule has 0 aromatic heterocycles. The number of nitrogens with one attached hydrogen (secondary N) is 1. The molecule has 1 saturated carbocycles. The summed E-state index contributed by atoms with van der Waals surface area (Å²) in [4.78, 5) is 27.0. The van der Waals surface area contributed by atoms with E-state index in [4.69, 9.17) is 5.73 Å². The molecule has 5 nitrogen and oxygen atoms in total. The number of rotatable bonds is 4. The van der Waals surface area contributed by atoms with Gasteiger partial charge in [-0.05, 0) is 43.7 Å². The number of amides is 2. The minimum absolute atomic E-state index is 0. The Morgan fingerprint density at radius 3 is 2.50 bits per heavy atom. The molecule has 0 radical (unpaired) electrons. The number of likely N-dealkylation sites (tertiary alicyclic amines) is 1. The van der Waals surface area contributed by atoms with Crippen molar-refractivity contribution in [2.75, 3.05) is 19.6 Å². The molecule has 1 aliphatic carbocycles. The van der Waals surface area contributed by atoms with Gasteiger partial charge in [-0.15, -0.1) is 12.4 Å². The van der Waals surface area contributed by atoms with Crippen LogP contribution in [0.1, 0.15) is 55.3 Å². The van der Waals surface area contributed by atoms with Crippen molar-refractivity contribution in [3.05, 3.63) is 35.9 Å². The third-order valence-corrected chi connectivity index (χ3v) is 5.57. The number of benzene rings is 1. The molecule has 1 heterocycles. The van der Waals surface area contributed by atoms with Crippen LogP contribution < -0.4 is 11.1 Å². The molecule has 0 bridgehead atoms. The summed E-state index contributed by atoms with van der Waals surface area (Å²) in [6, 6.07) is 9.25. The van der Waals surface area contributed by atoms with Gasteiger partial charge in [-0.2, -0.15) is 0 Å². The van der Waals surface area contributed by atoms with Crippen LogP contribution in [0.4, 0.5) is 0 Å². The zero-order chi connectivity index (χ0) is 17.7. The Morgan fingerprint density at radius 1 is 1.12 bits per heavy atom. The van der Waals surface area contributed by atoms with Crippen LogP contribution in [0.25, 0.3) is 0 Å². The highest BCUT2D eigenvalue weighted by Gasteiger charge is 2.39. The van der Waals surface area contributed by atoms with E-state index in [9.17, 15) is 9.59 Å². The summed E-state index contributed by atoms with van der Waals surface area (Å²) >= 11 is 0. The lowest BCUT2D eigenvalue weighted by Crippen LogP contribution is -2.58. The van der Waals surface area contributed by atoms with Crippen LogP contribution in [-0.4, -0.2) is 41.9 Å². The third kappa shape index (κ3) is 4.98. The molecule has 1 aliphatic heterocycles. The fourth-order valence-corrected chi connectivity index (χ4v) is 4.06. The molecule has 1 saturated heterocycles. The Balaban J connectivity index is 0.00000243. The largest absolute Gasteiger partial charge is 0.352 e. The van der Waals surface area contributed by atoms with Crippen molar-refractivity contribution in [2.24, 2.45) is 11.7 Å². The highest BCUT2D eigenvalue weighted by Crippen LogP contribution is 2.29. The molecule has 1 unspecified atom stereocenters. The SMILES string of the molecule is Cl.NC1(C(=O)N2CCCC(CNC(=O)c3ccccc3)C2)CCCCC1. The number of carbonyl (C=O) groups excluding carboxylic acids is 2. The van der Waals surface area contributed by atoms with Crippen LogP contribution in [-0.2, 0) is 4.79 Å². The molecule has 1 aromatic carbocycles. The molecule has 144 valence electrons. The van der Waals surface area contributed by atoms with Crippen molar-refractivity contribution in [1.29, 1.82) is 0 Å². The van der Waals surface area contributed by atoms with Crippen molar-refractivity contribution in [1.82, 2.24) is 10.2 Å². The van der Waals surface area contributed by atoms with E-state index in [-0.39, 0.29) is 24.2 Å². The molecule has 2 amide bonds. The average Bonchev–Trinajstić information content (AvgIpc) is 2.67. The average molecular weight is 380 g/mol. The Morgan fingerprint density at radius 2 is 1.81 bits per heavy atom. The molecule has 3 N–H and O–H groups in total. The van der Waals surface area contributed by atoms with Crippen LogP contribution >= 0.6 is 12.4 Å². The van der Waals surface area contributed by atoms with E-state index in [2.05, 4.69) is 5.32 Å². The van der Waals surface area contributed by atoms with Gasteiger partial charge >= 0.3 is 0 Å². The zero-order valence-corrected chi connectivity index (χ0v) is 16.1. The van der Waals surface area contributed by atoms with Crippen LogP contribution in [0.15, 0.2) is 30.3 Å². The predicted octanol–water partition coefficient (Wildman–Crippen LogP) is 2.74. The second-order valence-electron chi connectivity index (χ2n) is 7.55. The van der Waals surface area contributed by atoms with E-state index in [0.29, 0.717) is 24.6 Å². The van der Waals surface area contributed by atoms with Crippen molar-refractivity contribution >= 4 is 24.2 Å². The first-order valence-corrected chi connectivity index (χ1v) is 9.50. The molecular weight excluding hydrogens is 350 g/mol. The monoisotopic (exact) mass is 379 g/mol. The molecule has 2 fully saturated rings. The summed E-state index contributed by atoms with van der Waals surface area (Å²) in [5, 5.41) is 3.01. The van der Waals surface area contributed by atoms with Gasteiger partial charge in [-0.25, -0.2) is 0 Å². The highest BCUT2D eigenvalue weighted by atomic mass is 35.5. The minimum Gasteiger partial charge on any atom is -0.352 e. The van der Waals surface area contributed by atoms with Gasteiger partial charge in [0.2, 0.25) is 5.91 Å². The van der Waals surface area contributed by atoms with Crippen molar-refractivity contribution in [2.45, 2.75) is 50.5 Å². The van der Waals surface area contributed by atoms with Crippen LogP contribution in [0.2, 0.25) is 0 Å². The Bertz CT molecular complexity index is 602. The maximum absolute atomic E-state index is 12.9. The first-order valence-electron chi connectivity index (χ1n) is 9.50. The van der Waals surface area contributed by atoms with E-state index in [1.54, 1.807) is 0 Å². The van der Waals surface area contributed by atoms with Gasteiger partial charge in [0.05, 0.1) is 5.54 Å². The van der Waals surface area contributed by atoms with E-state index in [1.807, 2.05) is 35.2 Å². The van der Waals surface area contributed by atoms with Gasteiger partial charge < -0.3 is 16.0 Å². The lowest BCUT2D eigenvalue weighted by Gasteiger charge is -2.40. The number of hydrogen-bond acceptors (Lipinski definition) is 3. The van der Waals surface area contributed by atoms with E-state index in [0.717, 1.165) is 45.1 Å². The number of nitrogens with zero attached hydrogens (tertiary/aromatic N) is 1. The highest BCUT2D eigenvalue weighted by molar-refractivity contribution is 5.94. The molecule has 0 spiro atoms. The summed E-state index contributed by atoms with van der Waals surface area (Å²) in [5.74, 6) is 0.371. The molecule has 2 aliphatic rings. The lowest BCUT2D eigenvalue weighted by atomic mass is 9.81. The zero-order valence-electron chi connectivity index (χ0n) is 15.3. The number of nitrogens with two attached hydrogens (primary N) is 1. The second-order valence-corrected chi connectivity index (χ2v) is 7.55. The molecule has 1 aromatic rings. The Labute approximate surface area is 162 Å². The summed E-state index contributed by atoms with van der Waals surface area (Å²) in [6.07, 6.45) is 6.90. The Hall–Kier alpha value is -1.59. The topological polar surface area (TPSA) is 75.4 Å². The number of halogens is 1. The fraction of sp³-hybridized carbons (Fsp3) is 0.600. The smallest absolute Gasteiger partial charge is 0.251 e. The van der Waals surface area contributed by atoms with Gasteiger partial charge in [0.15, 0.2) is 0 Å². The number of carbonyl (C=O) groups is 2. The maximum Gasteiger partial charge on any atom is 0.251 e. The number of hydrogen-bond donors (Lipinski definition) is 2. The second kappa shape index (κ2) is 9.38. The minimum atomic E-state index is -0.659. The third-order valence-electron chi connectivity index (χ3n) is 5.57. The van der Waals surface area contributed by atoms with Crippen molar-refractivity contribution < 1.29 is 9.59 Å². The predicted molar refractivity (Wildman–Crippen MR) is 105 cm³/mol. The van der Waals surface area contributed by atoms with Crippen molar-refractivity contribution in [3.63, 3.8) is 0 Å². The molecule has 26 heavy (non-hydrogen) atoms. The van der Waals surface area contributed by atoms with E-state index in [1.165, 1.54) is 6.42 Å². The van der Waals surface area contributed by atoms with Crippen LogP contribution in [0, 0.1) is 5.92 Å². The van der Waals surface area contributed by atoms with Gasteiger partial charge in [-0.1, -0.05) is 37.5 Å². The molecular formula is C20H30ClN3O2. The first kappa shape index (κ1) is 20.7. The molecule has 3 rings (SSSR count). The molecule has 6 heteroatoms. The summed E-state index contributed by atoms with van der Waals surface area (Å²) in [7, 11) is 0. The summed E-state index contributed by atoms with van der Waals surface area (Å²) in [5.41, 5.74) is 6.43. The normalized spacial score (nSPS) is 22.2. The van der Waals surface area contributed by atoms with E-state index >= 15 is 0 Å². The quantitative estimate of drug-likeness (QED) is 0.844. The van der Waals surface area contributed by atoms with Gasteiger partial charge in [0.1, 0.15) is 0 Å². The number of piperidine rings is 1.